The fourth-order valence-corrected chi connectivity index (χ4v) is 4.44. The minimum Gasteiger partial charge on any atom is -0.410 e. The Bertz CT molecular complexity index is 700. The van der Waals surface area contributed by atoms with E-state index in [1.165, 1.54) is 16.9 Å². The molecule has 0 aliphatic heterocycles. The first-order valence-electron chi connectivity index (χ1n) is 9.02. The molecule has 0 fully saturated rings. The summed E-state index contributed by atoms with van der Waals surface area (Å²) < 4.78 is 5.18. The van der Waals surface area contributed by atoms with Gasteiger partial charge in [0, 0.05) is 17.5 Å². The number of amides is 1. The maximum Gasteiger partial charge on any atom is 0.409 e. The Morgan fingerprint density at radius 3 is 2.92 bits per heavy atom. The van der Waals surface area contributed by atoms with Crippen LogP contribution in [0.2, 0.25) is 0 Å². The van der Waals surface area contributed by atoms with Crippen LogP contribution in [-0.2, 0) is 19.3 Å². The van der Waals surface area contributed by atoms with Gasteiger partial charge in [-0.1, -0.05) is 25.1 Å². The molecule has 1 amide bonds. The van der Waals surface area contributed by atoms with Crippen molar-refractivity contribution < 1.29 is 9.53 Å². The van der Waals surface area contributed by atoms with Crippen LogP contribution in [0.4, 0.5) is 4.79 Å². The van der Waals surface area contributed by atoms with Gasteiger partial charge in [0.2, 0.25) is 0 Å². The number of hydrogen-bond acceptors (Lipinski definition) is 4. The molecule has 1 heterocycles. The van der Waals surface area contributed by atoms with Gasteiger partial charge in [-0.15, -0.1) is 11.3 Å². The first kappa shape index (κ1) is 18.0. The summed E-state index contributed by atoms with van der Waals surface area (Å²) in [6, 6.07) is 10.8. The largest absolute Gasteiger partial charge is 0.410 e. The van der Waals surface area contributed by atoms with Crippen LogP contribution in [-0.4, -0.2) is 30.1 Å². The Labute approximate surface area is 153 Å². The van der Waals surface area contributed by atoms with Crippen molar-refractivity contribution in [2.75, 3.05) is 13.1 Å². The van der Waals surface area contributed by atoms with E-state index in [4.69, 9.17) is 10.5 Å². The molecule has 1 unspecified atom stereocenters. The number of benzene rings is 1. The molecule has 0 spiro atoms. The van der Waals surface area contributed by atoms with Crippen LogP contribution in [0, 0.1) is 0 Å². The van der Waals surface area contributed by atoms with E-state index >= 15 is 0 Å². The molecule has 2 aromatic rings. The molecule has 1 aromatic heterocycles. The van der Waals surface area contributed by atoms with Crippen molar-refractivity contribution >= 4 is 17.4 Å². The van der Waals surface area contributed by atoms with Crippen molar-refractivity contribution in [1.29, 1.82) is 0 Å². The number of carbonyl (C=O) groups is 1. The van der Waals surface area contributed by atoms with E-state index in [0.717, 1.165) is 44.3 Å². The lowest BCUT2D eigenvalue weighted by Crippen LogP contribution is -2.41. The number of fused-ring (bicyclic) bond motifs is 1. The Morgan fingerprint density at radius 2 is 2.20 bits per heavy atom. The van der Waals surface area contributed by atoms with Crippen LogP contribution in [0.3, 0.4) is 0 Å². The van der Waals surface area contributed by atoms with Crippen LogP contribution < -0.4 is 10.5 Å². The fraction of sp³-hybridized carbons (Fsp3) is 0.450. The van der Waals surface area contributed by atoms with Gasteiger partial charge in [-0.05, 0) is 67.3 Å². The Hall–Kier alpha value is -1.85. The lowest BCUT2D eigenvalue weighted by molar-refractivity contribution is 0.181. The van der Waals surface area contributed by atoms with Crippen molar-refractivity contribution in [2.24, 2.45) is 5.73 Å². The lowest BCUT2D eigenvalue weighted by Gasteiger charge is -2.35. The average Bonchev–Trinajstić information content (AvgIpc) is 3.11. The predicted molar refractivity (Wildman–Crippen MR) is 102 cm³/mol. The summed E-state index contributed by atoms with van der Waals surface area (Å²) in [5, 5.41) is 2.15. The van der Waals surface area contributed by atoms with Gasteiger partial charge in [0.15, 0.2) is 0 Å². The average molecular weight is 359 g/mol. The minimum absolute atomic E-state index is 0.552. The highest BCUT2D eigenvalue weighted by Gasteiger charge is 2.26. The van der Waals surface area contributed by atoms with Gasteiger partial charge in [0.25, 0.3) is 0 Å². The van der Waals surface area contributed by atoms with Crippen molar-refractivity contribution in [2.45, 2.75) is 45.1 Å². The molecule has 0 radical (unpaired) electrons. The van der Waals surface area contributed by atoms with E-state index in [-0.39, 0.29) is 0 Å². The van der Waals surface area contributed by atoms with Crippen molar-refractivity contribution in [3.8, 4) is 5.75 Å². The maximum atomic E-state index is 11.1. The van der Waals surface area contributed by atoms with E-state index in [2.05, 4.69) is 35.4 Å². The Morgan fingerprint density at radius 1 is 1.32 bits per heavy atom. The van der Waals surface area contributed by atoms with E-state index < -0.39 is 6.09 Å². The monoisotopic (exact) mass is 358 g/mol. The Balaban J connectivity index is 1.69. The summed E-state index contributed by atoms with van der Waals surface area (Å²) in [5.74, 6) is 0.629. The van der Waals surface area contributed by atoms with Crippen LogP contribution in [0.15, 0.2) is 35.7 Å². The number of primary amides is 1. The second-order valence-corrected chi connectivity index (χ2v) is 7.61. The van der Waals surface area contributed by atoms with Crippen molar-refractivity contribution in [1.82, 2.24) is 4.90 Å². The van der Waals surface area contributed by atoms with Crippen LogP contribution >= 0.6 is 11.3 Å². The number of carbonyl (C=O) groups excluding carboxylic acids is 1. The van der Waals surface area contributed by atoms with Gasteiger partial charge in [-0.3, -0.25) is 4.90 Å². The zero-order chi connectivity index (χ0) is 17.6. The quantitative estimate of drug-likeness (QED) is 0.813. The third kappa shape index (κ3) is 4.61. The summed E-state index contributed by atoms with van der Waals surface area (Å²) in [6.07, 6.45) is 4.58. The molecule has 1 atom stereocenters. The first-order chi connectivity index (χ1) is 12.2. The van der Waals surface area contributed by atoms with Gasteiger partial charge in [-0.25, -0.2) is 4.79 Å². The molecule has 25 heavy (non-hydrogen) atoms. The third-order valence-electron chi connectivity index (χ3n) is 4.88. The van der Waals surface area contributed by atoms with Crippen molar-refractivity contribution in [3.63, 3.8) is 0 Å². The number of thiophene rings is 1. The molecule has 0 bridgehead atoms. The zero-order valence-electron chi connectivity index (χ0n) is 14.7. The van der Waals surface area contributed by atoms with Gasteiger partial charge in [0.1, 0.15) is 5.75 Å². The summed E-state index contributed by atoms with van der Waals surface area (Å²) in [5.41, 5.74) is 7.62. The number of nitrogens with two attached hydrogens (primary N) is 1. The highest BCUT2D eigenvalue weighted by Crippen LogP contribution is 2.31. The molecule has 2 N–H and O–H groups in total. The molecular formula is C20H26N2O2S. The molecule has 0 saturated carbocycles. The summed E-state index contributed by atoms with van der Waals surface area (Å²) in [7, 11) is 0. The number of rotatable bonds is 7. The van der Waals surface area contributed by atoms with E-state index in [0.29, 0.717) is 11.8 Å². The summed E-state index contributed by atoms with van der Waals surface area (Å²) in [4.78, 5) is 15.2. The lowest BCUT2D eigenvalue weighted by atomic mass is 9.86. The standard InChI is InChI=1S/C20H26N2O2S/c1-2-11-22(12-10-17-6-4-13-25-17)16-8-9-18-15(14-16)5-3-7-19(18)24-20(21)23/h3-7,13,16H,2,8-12,14H2,1H3,(H2,21,23). The van der Waals surface area contributed by atoms with Crippen LogP contribution in [0.25, 0.3) is 0 Å². The maximum absolute atomic E-state index is 11.1. The normalized spacial score (nSPS) is 16.6. The molecule has 3 rings (SSSR count). The second kappa shape index (κ2) is 8.50. The third-order valence-corrected chi connectivity index (χ3v) is 5.81. The topological polar surface area (TPSA) is 55.6 Å². The molecule has 5 heteroatoms. The van der Waals surface area contributed by atoms with E-state index in [1.54, 1.807) is 0 Å². The smallest absolute Gasteiger partial charge is 0.409 e. The van der Waals surface area contributed by atoms with Gasteiger partial charge in [0.05, 0.1) is 0 Å². The Kier molecular flexibility index (Phi) is 6.10. The second-order valence-electron chi connectivity index (χ2n) is 6.58. The number of hydrogen-bond donors (Lipinski definition) is 1. The van der Waals surface area contributed by atoms with Crippen LogP contribution in [0.5, 0.6) is 5.75 Å². The zero-order valence-corrected chi connectivity index (χ0v) is 15.6. The molecule has 1 aromatic carbocycles. The van der Waals surface area contributed by atoms with E-state index in [9.17, 15) is 4.79 Å². The molecule has 134 valence electrons. The van der Waals surface area contributed by atoms with Gasteiger partial charge in [-0.2, -0.15) is 0 Å². The molecule has 1 aliphatic carbocycles. The predicted octanol–water partition coefficient (Wildman–Crippen LogP) is 4.02. The minimum atomic E-state index is -0.737. The molecule has 0 saturated heterocycles. The molecule has 4 nitrogen and oxygen atoms in total. The summed E-state index contributed by atoms with van der Waals surface area (Å²) >= 11 is 1.84. The highest BCUT2D eigenvalue weighted by atomic mass is 32.1. The SMILES string of the molecule is CCCN(CCc1cccs1)C1CCc2c(cccc2OC(N)=O)C1. The van der Waals surface area contributed by atoms with Gasteiger partial charge >= 0.3 is 6.09 Å². The van der Waals surface area contributed by atoms with Crippen LogP contribution in [0.1, 0.15) is 35.8 Å². The van der Waals surface area contributed by atoms with Gasteiger partial charge < -0.3 is 10.5 Å². The van der Waals surface area contributed by atoms with Crippen molar-refractivity contribution in [3.05, 3.63) is 51.7 Å². The number of ether oxygens (including phenoxy) is 1. The summed E-state index contributed by atoms with van der Waals surface area (Å²) in [6.45, 7) is 4.47. The first-order valence-corrected chi connectivity index (χ1v) is 9.89. The highest BCUT2D eigenvalue weighted by molar-refractivity contribution is 7.09. The molecule has 1 aliphatic rings. The molecular weight excluding hydrogens is 332 g/mol. The van der Waals surface area contributed by atoms with E-state index in [1.807, 2.05) is 23.5 Å². The number of nitrogens with zero attached hydrogens (tertiary/aromatic N) is 1. The fourth-order valence-electron chi connectivity index (χ4n) is 3.74.